The summed E-state index contributed by atoms with van der Waals surface area (Å²) >= 11 is 1.54. The fourth-order valence-electron chi connectivity index (χ4n) is 0.852. The van der Waals surface area contributed by atoms with Crippen molar-refractivity contribution in [3.63, 3.8) is 0 Å². The number of rotatable bonds is 8. The average Bonchev–Trinajstić information content (AvgIpc) is 2.16. The molecule has 0 aliphatic carbocycles. The third-order valence-electron chi connectivity index (χ3n) is 1.69. The van der Waals surface area contributed by atoms with E-state index in [1.54, 1.807) is 5.41 Å². The van der Waals surface area contributed by atoms with E-state index >= 15 is 0 Å². The average molecular weight is 234 g/mol. The highest BCUT2D eigenvalue weighted by molar-refractivity contribution is 8.03. The van der Waals surface area contributed by atoms with Gasteiger partial charge in [-0.15, -0.1) is 11.8 Å². The van der Waals surface area contributed by atoms with Crippen LogP contribution in [-0.2, 0) is 9.84 Å². The van der Waals surface area contributed by atoms with E-state index in [2.05, 4.69) is 13.5 Å². The molecule has 0 fully saturated rings. The van der Waals surface area contributed by atoms with Gasteiger partial charge in [0.2, 0.25) is 0 Å². The lowest BCUT2D eigenvalue weighted by Crippen LogP contribution is -1.85. The lowest BCUT2D eigenvalue weighted by atomic mass is 10.2. The van der Waals surface area contributed by atoms with Crippen LogP contribution in [0.4, 0.5) is 0 Å². The van der Waals surface area contributed by atoms with Gasteiger partial charge in [-0.25, -0.2) is 8.42 Å². The van der Waals surface area contributed by atoms with Gasteiger partial charge >= 0.3 is 0 Å². The van der Waals surface area contributed by atoms with Crippen LogP contribution in [0, 0.1) is 0 Å². The Morgan fingerprint density at radius 1 is 1.29 bits per heavy atom. The molecule has 0 bridgehead atoms. The predicted octanol–water partition coefficient (Wildman–Crippen LogP) is 3.33. The summed E-state index contributed by atoms with van der Waals surface area (Å²) in [7, 11) is -3.15. The number of sulfone groups is 1. The molecule has 82 valence electrons. The molecule has 0 radical (unpaired) electrons. The van der Waals surface area contributed by atoms with Gasteiger partial charge in [0.15, 0.2) is 9.84 Å². The van der Waals surface area contributed by atoms with Crippen molar-refractivity contribution in [1.82, 2.24) is 0 Å². The van der Waals surface area contributed by atoms with Crippen molar-refractivity contribution in [3.8, 4) is 0 Å². The second-order valence-electron chi connectivity index (χ2n) is 2.96. The van der Waals surface area contributed by atoms with Crippen LogP contribution in [0.25, 0.3) is 0 Å². The molecule has 0 heterocycles. The highest BCUT2D eigenvalue weighted by Crippen LogP contribution is 2.09. The molecule has 0 aliphatic heterocycles. The summed E-state index contributed by atoms with van der Waals surface area (Å²) in [4.78, 5) is 0. The molecule has 2 nitrogen and oxygen atoms in total. The van der Waals surface area contributed by atoms with Crippen molar-refractivity contribution in [2.75, 3.05) is 5.75 Å². The molecule has 0 aromatic carbocycles. The van der Waals surface area contributed by atoms with Crippen LogP contribution >= 0.6 is 11.8 Å². The lowest BCUT2D eigenvalue weighted by Gasteiger charge is -1.95. The van der Waals surface area contributed by atoms with Crippen LogP contribution in [0.5, 0.6) is 0 Å². The summed E-state index contributed by atoms with van der Waals surface area (Å²) in [6.07, 6.45) is 4.86. The van der Waals surface area contributed by atoms with E-state index in [9.17, 15) is 8.42 Å². The number of thioether (sulfide) groups is 1. The second kappa shape index (κ2) is 8.12. The molecule has 0 spiro atoms. The van der Waals surface area contributed by atoms with Crippen LogP contribution in [0.2, 0.25) is 0 Å². The van der Waals surface area contributed by atoms with E-state index in [4.69, 9.17) is 0 Å². The minimum atomic E-state index is -3.15. The van der Waals surface area contributed by atoms with Gasteiger partial charge in [-0.1, -0.05) is 32.8 Å². The first-order chi connectivity index (χ1) is 6.62. The Hall–Kier alpha value is -0.220. The normalized spacial score (nSPS) is 12.1. The third kappa shape index (κ3) is 8.38. The maximum Gasteiger partial charge on any atom is 0.192 e. The fraction of sp³-hybridized carbons (Fsp3) is 0.600. The highest BCUT2D eigenvalue weighted by Gasteiger charge is 1.95. The molecule has 0 saturated heterocycles. The van der Waals surface area contributed by atoms with Gasteiger partial charge < -0.3 is 0 Å². The molecular formula is C10H18O2S2. The van der Waals surface area contributed by atoms with Gasteiger partial charge in [-0.05, 0) is 17.6 Å². The van der Waals surface area contributed by atoms with Crippen LogP contribution in [-0.4, -0.2) is 14.2 Å². The summed E-state index contributed by atoms with van der Waals surface area (Å²) < 4.78 is 21.8. The molecule has 0 saturated carbocycles. The van der Waals surface area contributed by atoms with Crippen molar-refractivity contribution in [3.05, 3.63) is 22.8 Å². The van der Waals surface area contributed by atoms with E-state index in [-0.39, 0.29) is 0 Å². The van der Waals surface area contributed by atoms with Gasteiger partial charge in [0.1, 0.15) is 0 Å². The Balaban J connectivity index is 3.50. The minimum Gasteiger partial charge on any atom is -0.220 e. The SMILES string of the molecule is C=CS(=O)(=O)/C=C/SCCCCCC. The molecule has 0 atom stereocenters. The summed E-state index contributed by atoms with van der Waals surface area (Å²) in [5.41, 5.74) is 0. The maximum atomic E-state index is 10.9. The Morgan fingerprint density at radius 2 is 2.00 bits per heavy atom. The van der Waals surface area contributed by atoms with Crippen molar-refractivity contribution in [1.29, 1.82) is 0 Å². The molecular weight excluding hydrogens is 216 g/mol. The smallest absolute Gasteiger partial charge is 0.192 e. The standard InChI is InChI=1S/C10H18O2S2/c1-3-5-6-7-8-13-9-10-14(11,12)4-2/h4,9-10H,2-3,5-8H2,1H3/b10-9+. The van der Waals surface area contributed by atoms with Gasteiger partial charge in [-0.2, -0.15) is 0 Å². The zero-order valence-corrected chi connectivity index (χ0v) is 10.2. The molecule has 0 aromatic rings. The Kier molecular flexibility index (Phi) is 7.99. The summed E-state index contributed by atoms with van der Waals surface area (Å²) in [5, 5.41) is 3.79. The van der Waals surface area contributed by atoms with Crippen molar-refractivity contribution < 1.29 is 8.42 Å². The van der Waals surface area contributed by atoms with Gasteiger partial charge in [0.05, 0.1) is 0 Å². The van der Waals surface area contributed by atoms with Crippen molar-refractivity contribution in [2.24, 2.45) is 0 Å². The molecule has 14 heavy (non-hydrogen) atoms. The number of hydrogen-bond donors (Lipinski definition) is 0. The highest BCUT2D eigenvalue weighted by atomic mass is 32.2. The molecule has 4 heteroatoms. The first kappa shape index (κ1) is 13.8. The lowest BCUT2D eigenvalue weighted by molar-refractivity contribution is 0.613. The zero-order valence-electron chi connectivity index (χ0n) is 8.61. The summed E-state index contributed by atoms with van der Waals surface area (Å²) in [6, 6.07) is 0. The van der Waals surface area contributed by atoms with Crippen LogP contribution in [0.15, 0.2) is 22.8 Å². The largest absolute Gasteiger partial charge is 0.220 e. The van der Waals surface area contributed by atoms with E-state index in [1.807, 2.05) is 0 Å². The topological polar surface area (TPSA) is 34.1 Å². The molecule has 0 aromatic heterocycles. The first-order valence-corrected chi connectivity index (χ1v) is 7.44. The Bertz CT molecular complexity index is 266. The molecule has 0 rings (SSSR count). The van der Waals surface area contributed by atoms with Crippen LogP contribution in [0.3, 0.4) is 0 Å². The monoisotopic (exact) mass is 234 g/mol. The van der Waals surface area contributed by atoms with E-state index in [1.165, 1.54) is 36.4 Å². The van der Waals surface area contributed by atoms with E-state index in [0.29, 0.717) is 0 Å². The van der Waals surface area contributed by atoms with Gasteiger partial charge in [-0.3, -0.25) is 0 Å². The molecule has 0 aliphatic rings. The summed E-state index contributed by atoms with van der Waals surface area (Å²) in [6.45, 7) is 5.39. The van der Waals surface area contributed by atoms with Crippen LogP contribution < -0.4 is 0 Å². The van der Waals surface area contributed by atoms with Crippen LogP contribution in [0.1, 0.15) is 32.6 Å². The molecule has 0 unspecified atom stereocenters. The molecule has 0 amide bonds. The van der Waals surface area contributed by atoms with Gasteiger partial charge in [0, 0.05) is 10.8 Å². The summed E-state index contributed by atoms with van der Waals surface area (Å²) in [5.74, 6) is 0.989. The van der Waals surface area contributed by atoms with E-state index < -0.39 is 9.84 Å². The zero-order chi connectivity index (χ0) is 10.9. The maximum absolute atomic E-state index is 10.9. The fourth-order valence-corrected chi connectivity index (χ4v) is 2.40. The van der Waals surface area contributed by atoms with Crippen molar-refractivity contribution in [2.45, 2.75) is 32.6 Å². The first-order valence-electron chi connectivity index (χ1n) is 4.78. The number of hydrogen-bond acceptors (Lipinski definition) is 3. The Labute approximate surface area is 91.4 Å². The van der Waals surface area contributed by atoms with Gasteiger partial charge in [0.25, 0.3) is 0 Å². The third-order valence-corrected chi connectivity index (χ3v) is 3.69. The second-order valence-corrected chi connectivity index (χ2v) is 5.76. The Morgan fingerprint density at radius 3 is 2.57 bits per heavy atom. The quantitative estimate of drug-likeness (QED) is 0.604. The molecule has 0 N–H and O–H groups in total. The minimum absolute atomic E-state index is 0.959. The number of unbranched alkanes of at least 4 members (excludes halogenated alkanes) is 3. The van der Waals surface area contributed by atoms with E-state index in [0.717, 1.165) is 17.6 Å². The predicted molar refractivity (Wildman–Crippen MR) is 64.9 cm³/mol. The van der Waals surface area contributed by atoms with Crippen molar-refractivity contribution >= 4 is 21.6 Å².